The molecule has 0 fully saturated rings. The number of alkyl halides is 6. The van der Waals surface area contributed by atoms with Crippen LogP contribution in [0.25, 0.3) is 4.13 Å². The van der Waals surface area contributed by atoms with Gasteiger partial charge in [-0.2, -0.15) is 26.3 Å². The molecule has 0 aliphatic rings. The summed E-state index contributed by atoms with van der Waals surface area (Å²) < 4.78 is 116. The number of ether oxygens (including phenoxy) is 1. The number of unbranched alkanes of at least 4 members (excludes halogenated alkanes) is 7. The van der Waals surface area contributed by atoms with E-state index < -0.39 is 31.1 Å². The summed E-state index contributed by atoms with van der Waals surface area (Å²) in [5.74, 6) is -0.254. The molecular formula is C25H46F6N2O6S2. The molecular weight excluding hydrogens is 602 g/mol. The summed E-state index contributed by atoms with van der Waals surface area (Å²) in [5.41, 5.74) is -11.9. The highest BCUT2D eigenvalue weighted by Crippen LogP contribution is 2.36. The van der Waals surface area contributed by atoms with Gasteiger partial charge in [0.25, 0.3) is 0 Å². The molecule has 0 bridgehead atoms. The fraction of sp³-hybridized carbons (Fsp3) is 0.880. The van der Waals surface area contributed by atoms with Crippen LogP contribution in [0.2, 0.25) is 0 Å². The molecule has 0 heterocycles. The number of carbonyl (C=O) groups is 1. The second-order valence-corrected chi connectivity index (χ2v) is 13.3. The second kappa shape index (κ2) is 19.7. The lowest BCUT2D eigenvalue weighted by Crippen LogP contribution is -2.50. The summed E-state index contributed by atoms with van der Waals surface area (Å²) in [5, 5.41) is 0. The van der Waals surface area contributed by atoms with Crippen LogP contribution in [-0.4, -0.2) is 71.1 Å². The molecule has 8 nitrogen and oxygen atoms in total. The molecule has 0 aromatic rings. The first-order valence-corrected chi connectivity index (χ1v) is 16.6. The zero-order valence-electron chi connectivity index (χ0n) is 24.4. The molecule has 0 N–H and O–H groups in total. The van der Waals surface area contributed by atoms with Gasteiger partial charge in [0.05, 0.1) is 32.8 Å². The molecule has 0 aromatic heterocycles. The van der Waals surface area contributed by atoms with Crippen molar-refractivity contribution in [3.63, 3.8) is 0 Å². The lowest BCUT2D eigenvalue weighted by molar-refractivity contribution is -0.929. The van der Waals surface area contributed by atoms with Crippen molar-refractivity contribution in [1.29, 1.82) is 0 Å². The van der Waals surface area contributed by atoms with E-state index in [-0.39, 0.29) is 5.97 Å². The van der Waals surface area contributed by atoms with Gasteiger partial charge in [-0.05, 0) is 58.3 Å². The molecule has 0 rings (SSSR count). The highest BCUT2D eigenvalue weighted by atomic mass is 32.3. The van der Waals surface area contributed by atoms with E-state index >= 15 is 0 Å². The fourth-order valence-electron chi connectivity index (χ4n) is 3.76. The van der Waals surface area contributed by atoms with Crippen molar-refractivity contribution in [1.82, 2.24) is 0 Å². The normalized spacial score (nSPS) is 12.9. The molecule has 0 aromatic carbocycles. The van der Waals surface area contributed by atoms with Crippen LogP contribution >= 0.6 is 0 Å². The zero-order valence-corrected chi connectivity index (χ0v) is 26.1. The van der Waals surface area contributed by atoms with Crippen LogP contribution in [0.15, 0.2) is 12.2 Å². The van der Waals surface area contributed by atoms with Gasteiger partial charge in [-0.1, -0.05) is 46.6 Å². The minimum absolute atomic E-state index is 0.254. The molecule has 0 atom stereocenters. The Morgan fingerprint density at radius 2 is 1.05 bits per heavy atom. The Morgan fingerprint density at radius 1 is 0.683 bits per heavy atom. The largest absolute Gasteiger partial charge is 0.480 e. The Balaban J connectivity index is 0. The topological polar surface area (TPSA) is 109 Å². The van der Waals surface area contributed by atoms with Crippen LogP contribution in [-0.2, 0) is 29.6 Å². The number of esters is 1. The summed E-state index contributed by atoms with van der Waals surface area (Å²) in [6.07, 6.45) is 14.0. The van der Waals surface area contributed by atoms with E-state index in [9.17, 15) is 48.0 Å². The van der Waals surface area contributed by atoms with E-state index in [1.807, 2.05) is 0 Å². The maximum atomic E-state index is 11.4. The van der Waals surface area contributed by atoms with Crippen LogP contribution in [0.3, 0.4) is 0 Å². The SMILES string of the molecule is C=C(C)C(=O)OCCCCCC[N+](CCCC)(CCCC)CCCCC.O=S(=O)([N-]S(=O)(=O)C(F)(F)F)C(F)(F)F. The maximum Gasteiger partial charge on any atom is 0.480 e. The molecule has 0 spiro atoms. The number of rotatable bonds is 20. The average Bonchev–Trinajstić information content (AvgIpc) is 2.83. The summed E-state index contributed by atoms with van der Waals surface area (Å²) >= 11 is 0. The van der Waals surface area contributed by atoms with Gasteiger partial charge in [0.15, 0.2) is 20.0 Å². The van der Waals surface area contributed by atoms with Gasteiger partial charge in [-0.25, -0.2) is 21.6 Å². The van der Waals surface area contributed by atoms with Gasteiger partial charge in [0, 0.05) is 5.57 Å². The monoisotopic (exact) mass is 648 g/mol. The molecule has 0 saturated carbocycles. The number of halogens is 6. The van der Waals surface area contributed by atoms with Crippen LogP contribution in [0, 0.1) is 0 Å². The average molecular weight is 649 g/mol. The highest BCUT2D eigenvalue weighted by Gasteiger charge is 2.47. The predicted molar refractivity (Wildman–Crippen MR) is 147 cm³/mol. The van der Waals surface area contributed by atoms with Crippen molar-refractivity contribution < 1.29 is 57.2 Å². The summed E-state index contributed by atoms with van der Waals surface area (Å²) in [6.45, 7) is 18.2. The molecule has 246 valence electrons. The summed E-state index contributed by atoms with van der Waals surface area (Å²) in [7, 11) is -13.4. The zero-order chi connectivity index (χ0) is 32.4. The van der Waals surface area contributed by atoms with Gasteiger partial charge < -0.3 is 13.3 Å². The number of hydrogen-bond acceptors (Lipinski definition) is 6. The van der Waals surface area contributed by atoms with Gasteiger partial charge in [-0.3, -0.25) is 0 Å². The quantitative estimate of drug-likeness (QED) is 0.0450. The first-order chi connectivity index (χ1) is 18.7. The van der Waals surface area contributed by atoms with Crippen molar-refractivity contribution in [2.45, 2.75) is 109 Å². The summed E-state index contributed by atoms with van der Waals surface area (Å²) in [4.78, 5) is 11.4. The standard InChI is InChI=1S/C23H46NO2.C2F6NO4S2/c1-6-9-14-19-24(17-10-7-2,18-11-8-3)20-15-12-13-16-21-26-23(25)22(4)5;3-1(4,5)14(10,11)9-15(12,13)2(6,7)8/h4,6-21H2,1-3,5H3;/q+1;-1. The number of carbonyl (C=O) groups excluding carboxylic acids is 1. The van der Waals surface area contributed by atoms with E-state index in [1.54, 1.807) is 6.92 Å². The molecule has 0 aliphatic heterocycles. The molecule has 0 radical (unpaired) electrons. The van der Waals surface area contributed by atoms with Crippen molar-refractivity contribution in [3.8, 4) is 0 Å². The van der Waals surface area contributed by atoms with Crippen molar-refractivity contribution in [3.05, 3.63) is 16.3 Å². The van der Waals surface area contributed by atoms with Gasteiger partial charge in [0.2, 0.25) is 0 Å². The number of sulfonamides is 2. The van der Waals surface area contributed by atoms with E-state index in [4.69, 9.17) is 4.74 Å². The third-order valence-corrected chi connectivity index (χ3v) is 8.84. The molecule has 0 amide bonds. The van der Waals surface area contributed by atoms with E-state index in [0.29, 0.717) is 12.2 Å². The second-order valence-electron chi connectivity index (χ2n) is 9.90. The van der Waals surface area contributed by atoms with Gasteiger partial charge in [0.1, 0.15) is 0 Å². The fourth-order valence-corrected chi connectivity index (χ4v) is 5.47. The van der Waals surface area contributed by atoms with E-state index in [0.717, 1.165) is 17.0 Å². The minimum atomic E-state index is -6.72. The van der Waals surface area contributed by atoms with Crippen LogP contribution in [0.5, 0.6) is 0 Å². The number of hydrogen-bond donors (Lipinski definition) is 0. The molecule has 41 heavy (non-hydrogen) atoms. The third-order valence-electron chi connectivity index (χ3n) is 6.10. The predicted octanol–water partition coefficient (Wildman–Crippen LogP) is 7.33. The highest BCUT2D eigenvalue weighted by molar-refractivity contribution is 8.13. The minimum Gasteiger partial charge on any atom is -0.462 e. The van der Waals surface area contributed by atoms with Crippen LogP contribution in [0.4, 0.5) is 26.3 Å². The molecule has 16 heteroatoms. The molecule has 0 aliphatic carbocycles. The lowest BCUT2D eigenvalue weighted by atomic mass is 10.1. The lowest BCUT2D eigenvalue weighted by Gasteiger charge is -2.39. The maximum absolute atomic E-state index is 11.4. The third kappa shape index (κ3) is 18.0. The number of quaternary nitrogens is 1. The Bertz CT molecular complexity index is 918. The van der Waals surface area contributed by atoms with Crippen molar-refractivity contribution >= 4 is 26.0 Å². The first-order valence-electron chi connectivity index (χ1n) is 13.8. The van der Waals surface area contributed by atoms with Crippen LogP contribution in [0.1, 0.15) is 98.3 Å². The number of nitrogens with zero attached hydrogens (tertiary/aromatic N) is 2. The Morgan fingerprint density at radius 3 is 1.41 bits per heavy atom. The van der Waals surface area contributed by atoms with E-state index in [2.05, 4.69) is 27.4 Å². The van der Waals surface area contributed by atoms with Crippen LogP contribution < -0.4 is 0 Å². The molecule has 0 saturated heterocycles. The first kappa shape index (κ1) is 41.7. The van der Waals surface area contributed by atoms with Gasteiger partial charge >= 0.3 is 17.0 Å². The van der Waals surface area contributed by atoms with E-state index in [1.165, 1.54) is 88.4 Å². The van der Waals surface area contributed by atoms with Gasteiger partial charge in [-0.15, -0.1) is 0 Å². The van der Waals surface area contributed by atoms with Crippen molar-refractivity contribution in [2.24, 2.45) is 0 Å². The summed E-state index contributed by atoms with van der Waals surface area (Å²) in [6, 6.07) is 0. The molecule has 0 unspecified atom stereocenters. The Hall–Kier alpha value is -1.39. The Labute approximate surface area is 241 Å². The Kier molecular flexibility index (Phi) is 20.1. The smallest absolute Gasteiger partial charge is 0.462 e. The van der Waals surface area contributed by atoms with Crippen molar-refractivity contribution in [2.75, 3.05) is 32.8 Å².